The zero-order valence-corrected chi connectivity index (χ0v) is 13.6. The molecule has 0 saturated carbocycles. The molecule has 0 fully saturated rings. The van der Waals surface area contributed by atoms with Gasteiger partial charge in [-0.3, -0.25) is 9.00 Å². The van der Waals surface area contributed by atoms with Crippen LogP contribution in [-0.2, 0) is 27.8 Å². The van der Waals surface area contributed by atoms with E-state index in [9.17, 15) is 9.00 Å². The van der Waals surface area contributed by atoms with E-state index in [2.05, 4.69) is 5.32 Å². The second-order valence-corrected chi connectivity index (χ2v) is 7.06. The summed E-state index contributed by atoms with van der Waals surface area (Å²) in [6.07, 6.45) is 0.115. The van der Waals surface area contributed by atoms with Crippen molar-refractivity contribution in [1.82, 2.24) is 5.32 Å². The largest absolute Gasteiger partial charge is 0.480 e. The van der Waals surface area contributed by atoms with Crippen LogP contribution in [0.15, 0.2) is 54.6 Å². The first-order chi connectivity index (χ1) is 11.2. The number of hydrogen-bond donors (Lipinski definition) is 1. The summed E-state index contributed by atoms with van der Waals surface area (Å²) < 4.78 is 17.7. The molecule has 23 heavy (non-hydrogen) atoms. The monoisotopic (exact) mass is 329 g/mol. The Balaban J connectivity index is 1.41. The lowest BCUT2D eigenvalue weighted by Gasteiger charge is -2.11. The molecular formula is C18H19NO3S. The van der Waals surface area contributed by atoms with E-state index in [-0.39, 0.29) is 5.91 Å². The van der Waals surface area contributed by atoms with Crippen LogP contribution in [0.5, 0.6) is 5.75 Å². The Labute approximate surface area is 138 Å². The molecule has 0 aromatic heterocycles. The molecule has 0 spiro atoms. The van der Waals surface area contributed by atoms with Crippen molar-refractivity contribution in [3.05, 3.63) is 65.7 Å². The number of carbonyl (C=O) groups excluding carboxylic acids is 1. The molecule has 2 atom stereocenters. The van der Waals surface area contributed by atoms with Crippen molar-refractivity contribution in [2.45, 2.75) is 18.3 Å². The highest BCUT2D eigenvalue weighted by Crippen LogP contribution is 2.27. The number of ether oxygens (including phenoxy) is 1. The summed E-state index contributed by atoms with van der Waals surface area (Å²) in [6.45, 7) is 0.397. The van der Waals surface area contributed by atoms with Crippen LogP contribution in [-0.4, -0.2) is 28.5 Å². The number of nitrogens with one attached hydrogen (secondary N) is 1. The van der Waals surface area contributed by atoms with E-state index < -0.39 is 16.9 Å². The van der Waals surface area contributed by atoms with Gasteiger partial charge in [0.25, 0.3) is 5.91 Å². The molecule has 2 aromatic rings. The van der Waals surface area contributed by atoms with Crippen LogP contribution in [0.2, 0.25) is 0 Å². The van der Waals surface area contributed by atoms with E-state index in [4.69, 9.17) is 4.74 Å². The Morgan fingerprint density at radius 2 is 1.87 bits per heavy atom. The number of rotatable bonds is 6. The fourth-order valence-electron chi connectivity index (χ4n) is 2.56. The predicted molar refractivity (Wildman–Crippen MR) is 90.7 cm³/mol. The Morgan fingerprint density at radius 3 is 2.65 bits per heavy atom. The van der Waals surface area contributed by atoms with Crippen LogP contribution in [0, 0.1) is 0 Å². The summed E-state index contributed by atoms with van der Waals surface area (Å²) in [4.78, 5) is 12.1. The molecule has 0 unspecified atom stereocenters. The van der Waals surface area contributed by atoms with Crippen molar-refractivity contribution < 1.29 is 13.7 Å². The van der Waals surface area contributed by atoms with Gasteiger partial charge in [-0.1, -0.05) is 48.5 Å². The minimum atomic E-state index is -0.984. The van der Waals surface area contributed by atoms with Gasteiger partial charge in [-0.2, -0.15) is 0 Å². The van der Waals surface area contributed by atoms with Gasteiger partial charge in [0.05, 0.1) is 0 Å². The van der Waals surface area contributed by atoms with Crippen LogP contribution < -0.4 is 10.1 Å². The molecule has 0 radical (unpaired) electrons. The third-order valence-corrected chi connectivity index (χ3v) is 5.05. The Hall–Kier alpha value is -2.14. The fraction of sp³-hybridized carbons (Fsp3) is 0.278. The van der Waals surface area contributed by atoms with E-state index in [0.717, 1.165) is 16.9 Å². The van der Waals surface area contributed by atoms with Crippen LogP contribution in [0.3, 0.4) is 0 Å². The van der Waals surface area contributed by atoms with Gasteiger partial charge in [-0.25, -0.2) is 0 Å². The van der Waals surface area contributed by atoms with E-state index >= 15 is 0 Å². The number of para-hydroxylation sites is 1. The average Bonchev–Trinajstić information content (AvgIpc) is 3.00. The number of amides is 1. The van der Waals surface area contributed by atoms with Gasteiger partial charge >= 0.3 is 0 Å². The summed E-state index contributed by atoms with van der Waals surface area (Å²) >= 11 is 0. The van der Waals surface area contributed by atoms with Crippen LogP contribution in [0.4, 0.5) is 0 Å². The standard InChI is InChI=1S/C18H19NO3S/c20-18(17-12-15-8-4-5-9-16(15)22-17)19-10-11-23(21)13-14-6-2-1-3-7-14/h1-9,17H,10-13H2,(H,19,20)/t17-,23-/m0/s1. The lowest BCUT2D eigenvalue weighted by atomic mass is 10.1. The Morgan fingerprint density at radius 1 is 1.13 bits per heavy atom. The van der Waals surface area contributed by atoms with Gasteiger partial charge < -0.3 is 10.1 Å². The highest BCUT2D eigenvalue weighted by molar-refractivity contribution is 7.84. The minimum Gasteiger partial charge on any atom is -0.480 e. The molecule has 5 heteroatoms. The van der Waals surface area contributed by atoms with E-state index in [1.165, 1.54) is 0 Å². The average molecular weight is 329 g/mol. The topological polar surface area (TPSA) is 55.4 Å². The quantitative estimate of drug-likeness (QED) is 0.882. The van der Waals surface area contributed by atoms with Crippen molar-refractivity contribution in [3.8, 4) is 5.75 Å². The van der Waals surface area contributed by atoms with Crippen molar-refractivity contribution in [2.75, 3.05) is 12.3 Å². The van der Waals surface area contributed by atoms with Crippen molar-refractivity contribution >= 4 is 16.7 Å². The Bertz CT molecular complexity index is 677. The molecule has 1 N–H and O–H groups in total. The van der Waals surface area contributed by atoms with E-state index in [1.807, 2.05) is 54.6 Å². The highest BCUT2D eigenvalue weighted by Gasteiger charge is 2.28. The molecular weight excluding hydrogens is 310 g/mol. The zero-order valence-electron chi connectivity index (χ0n) is 12.7. The second-order valence-electron chi connectivity index (χ2n) is 5.48. The third kappa shape index (κ3) is 4.20. The summed E-state index contributed by atoms with van der Waals surface area (Å²) in [5.74, 6) is 1.60. The number of hydrogen-bond acceptors (Lipinski definition) is 3. The van der Waals surface area contributed by atoms with Gasteiger partial charge in [0.15, 0.2) is 6.10 Å². The first-order valence-corrected chi connectivity index (χ1v) is 9.12. The maximum atomic E-state index is 12.1. The maximum Gasteiger partial charge on any atom is 0.261 e. The maximum absolute atomic E-state index is 12.1. The molecule has 3 rings (SSSR count). The first-order valence-electron chi connectivity index (χ1n) is 7.63. The molecule has 0 aliphatic carbocycles. The number of fused-ring (bicyclic) bond motifs is 1. The molecule has 1 amide bonds. The summed E-state index contributed by atoms with van der Waals surface area (Å²) in [5, 5.41) is 2.82. The zero-order chi connectivity index (χ0) is 16.1. The van der Waals surface area contributed by atoms with Gasteiger partial charge in [0.1, 0.15) is 5.75 Å². The van der Waals surface area contributed by atoms with Crippen LogP contribution in [0.25, 0.3) is 0 Å². The molecule has 4 nitrogen and oxygen atoms in total. The van der Waals surface area contributed by atoms with Crippen LogP contribution in [0.1, 0.15) is 11.1 Å². The van der Waals surface area contributed by atoms with E-state index in [1.54, 1.807) is 0 Å². The molecule has 120 valence electrons. The smallest absolute Gasteiger partial charge is 0.261 e. The summed E-state index contributed by atoms with van der Waals surface area (Å²) in [6, 6.07) is 17.4. The van der Waals surface area contributed by atoms with E-state index in [0.29, 0.717) is 24.5 Å². The Kier molecular flexibility index (Phi) is 5.08. The minimum absolute atomic E-state index is 0.141. The molecule has 1 heterocycles. The van der Waals surface area contributed by atoms with Crippen LogP contribution >= 0.6 is 0 Å². The molecule has 2 aromatic carbocycles. The van der Waals surface area contributed by atoms with Crippen molar-refractivity contribution in [2.24, 2.45) is 0 Å². The van der Waals surface area contributed by atoms with Gasteiger partial charge in [0, 0.05) is 35.3 Å². The fourth-order valence-corrected chi connectivity index (χ4v) is 3.60. The molecule has 1 aliphatic heterocycles. The van der Waals surface area contributed by atoms with Crippen molar-refractivity contribution in [1.29, 1.82) is 0 Å². The highest BCUT2D eigenvalue weighted by atomic mass is 32.2. The van der Waals surface area contributed by atoms with Gasteiger partial charge in [-0.15, -0.1) is 0 Å². The van der Waals surface area contributed by atoms with Crippen molar-refractivity contribution in [3.63, 3.8) is 0 Å². The number of benzene rings is 2. The predicted octanol–water partition coefficient (Wildman–Crippen LogP) is 2.06. The van der Waals surface area contributed by atoms with Gasteiger partial charge in [-0.05, 0) is 17.2 Å². The van der Waals surface area contributed by atoms with Gasteiger partial charge in [0.2, 0.25) is 0 Å². The normalized spacial score (nSPS) is 17.1. The molecule has 0 bridgehead atoms. The third-order valence-electron chi connectivity index (χ3n) is 3.74. The summed E-state index contributed by atoms with van der Waals surface area (Å²) in [5.41, 5.74) is 2.10. The molecule has 0 saturated heterocycles. The SMILES string of the molecule is O=C(NCC[S@](=O)Cc1ccccc1)[C@@H]1Cc2ccccc2O1. The first kappa shape index (κ1) is 15.7. The summed E-state index contributed by atoms with van der Waals surface area (Å²) in [7, 11) is -0.984. The lowest BCUT2D eigenvalue weighted by molar-refractivity contribution is -0.127. The second kappa shape index (κ2) is 7.42. The lowest BCUT2D eigenvalue weighted by Crippen LogP contribution is -2.39. The molecule has 1 aliphatic rings. The number of carbonyl (C=O) groups is 1.